The molecule has 0 saturated heterocycles. The Balaban J connectivity index is 2.23. The number of hydrogen-bond acceptors (Lipinski definition) is 2. The van der Waals surface area contributed by atoms with Gasteiger partial charge in [0.15, 0.2) is 0 Å². The zero-order chi connectivity index (χ0) is 9.19. The van der Waals surface area contributed by atoms with Gasteiger partial charge in [-0.15, -0.1) is 0 Å². The third-order valence-corrected chi connectivity index (χ3v) is 2.13. The topological polar surface area (TPSA) is 38.0 Å². The first kappa shape index (κ1) is 9.80. The second kappa shape index (κ2) is 3.62. The van der Waals surface area contributed by atoms with Crippen LogP contribution < -0.4 is 11.1 Å². The fourth-order valence-electron chi connectivity index (χ4n) is 1.49. The summed E-state index contributed by atoms with van der Waals surface area (Å²) in [4.78, 5) is 0. The molecule has 0 aromatic heterocycles. The van der Waals surface area contributed by atoms with Crippen LogP contribution in [0, 0.1) is 0 Å². The van der Waals surface area contributed by atoms with E-state index in [9.17, 15) is 13.2 Å². The number of hydrogen-bond donors (Lipinski definition) is 2. The summed E-state index contributed by atoms with van der Waals surface area (Å²) < 4.78 is 35.2. The molecule has 0 spiro atoms. The largest absolute Gasteiger partial charge is 0.401 e. The lowest BCUT2D eigenvalue weighted by molar-refractivity contribution is -0.126. The van der Waals surface area contributed by atoms with Crippen LogP contribution in [0.25, 0.3) is 0 Å². The Labute approximate surface area is 69.3 Å². The molecule has 72 valence electrons. The minimum absolute atomic E-state index is 0.104. The van der Waals surface area contributed by atoms with Crippen LogP contribution in [0.1, 0.15) is 19.3 Å². The Bertz CT molecular complexity index is 146. The summed E-state index contributed by atoms with van der Waals surface area (Å²) in [6.45, 7) is -0.925. The summed E-state index contributed by atoms with van der Waals surface area (Å²) >= 11 is 0. The SMILES string of the molecule is NC1CCCC1NCC(F)(F)F. The third kappa shape index (κ3) is 2.98. The van der Waals surface area contributed by atoms with E-state index in [1.807, 2.05) is 0 Å². The highest BCUT2D eigenvalue weighted by Crippen LogP contribution is 2.19. The lowest BCUT2D eigenvalue weighted by atomic mass is 10.2. The Morgan fingerprint density at radius 3 is 2.42 bits per heavy atom. The number of halogens is 3. The van der Waals surface area contributed by atoms with E-state index in [1.165, 1.54) is 0 Å². The molecule has 0 aromatic carbocycles. The average molecular weight is 182 g/mol. The first-order chi connectivity index (χ1) is 5.49. The van der Waals surface area contributed by atoms with Gasteiger partial charge in [0.2, 0.25) is 0 Å². The fourth-order valence-corrected chi connectivity index (χ4v) is 1.49. The summed E-state index contributed by atoms with van der Waals surface area (Å²) in [5.41, 5.74) is 5.58. The van der Waals surface area contributed by atoms with Crippen LogP contribution in [0.5, 0.6) is 0 Å². The summed E-state index contributed by atoms with van der Waals surface area (Å²) in [6.07, 6.45) is -1.61. The van der Waals surface area contributed by atoms with Crippen LogP contribution in [0.4, 0.5) is 13.2 Å². The zero-order valence-electron chi connectivity index (χ0n) is 6.69. The minimum Gasteiger partial charge on any atom is -0.326 e. The van der Waals surface area contributed by atoms with Gasteiger partial charge < -0.3 is 11.1 Å². The Hall–Kier alpha value is -0.290. The first-order valence-corrected chi connectivity index (χ1v) is 4.05. The average Bonchev–Trinajstić information content (AvgIpc) is 2.29. The molecule has 2 nitrogen and oxygen atoms in total. The van der Waals surface area contributed by atoms with E-state index in [0.717, 1.165) is 19.3 Å². The quantitative estimate of drug-likeness (QED) is 0.669. The summed E-state index contributed by atoms with van der Waals surface area (Å²) in [5, 5.41) is 2.42. The zero-order valence-corrected chi connectivity index (χ0v) is 6.69. The van der Waals surface area contributed by atoms with Gasteiger partial charge in [-0.25, -0.2) is 0 Å². The number of alkyl halides is 3. The van der Waals surface area contributed by atoms with E-state index in [4.69, 9.17) is 5.73 Å². The maximum absolute atomic E-state index is 11.7. The smallest absolute Gasteiger partial charge is 0.326 e. The van der Waals surface area contributed by atoms with Crippen LogP contribution in [-0.4, -0.2) is 24.8 Å². The van der Waals surface area contributed by atoms with Gasteiger partial charge in [-0.05, 0) is 12.8 Å². The number of nitrogens with one attached hydrogen (secondary N) is 1. The fraction of sp³-hybridized carbons (Fsp3) is 1.00. The standard InChI is InChI=1S/C7H13F3N2/c8-7(9,10)4-12-6-3-1-2-5(6)11/h5-6,12H,1-4,11H2. The monoisotopic (exact) mass is 182 g/mol. The van der Waals surface area contributed by atoms with Crippen LogP contribution in [0.3, 0.4) is 0 Å². The Kier molecular flexibility index (Phi) is 2.95. The molecule has 1 aliphatic rings. The van der Waals surface area contributed by atoms with Crippen molar-refractivity contribution in [3.8, 4) is 0 Å². The predicted molar refractivity (Wildman–Crippen MR) is 39.7 cm³/mol. The van der Waals surface area contributed by atoms with Crippen LogP contribution in [0.15, 0.2) is 0 Å². The van der Waals surface area contributed by atoms with Gasteiger partial charge in [-0.1, -0.05) is 6.42 Å². The molecule has 0 bridgehead atoms. The van der Waals surface area contributed by atoms with Crippen molar-refractivity contribution < 1.29 is 13.2 Å². The van der Waals surface area contributed by atoms with Crippen molar-refractivity contribution in [2.75, 3.05) is 6.54 Å². The molecular weight excluding hydrogens is 169 g/mol. The molecule has 1 saturated carbocycles. The van der Waals surface area contributed by atoms with E-state index in [-0.39, 0.29) is 12.1 Å². The number of nitrogens with two attached hydrogens (primary N) is 1. The Morgan fingerprint density at radius 2 is 2.00 bits per heavy atom. The molecule has 3 N–H and O–H groups in total. The van der Waals surface area contributed by atoms with Crippen LogP contribution in [-0.2, 0) is 0 Å². The van der Waals surface area contributed by atoms with Crippen molar-refractivity contribution in [2.45, 2.75) is 37.5 Å². The van der Waals surface area contributed by atoms with Crippen molar-refractivity contribution in [1.29, 1.82) is 0 Å². The van der Waals surface area contributed by atoms with Gasteiger partial charge in [0, 0.05) is 12.1 Å². The van der Waals surface area contributed by atoms with E-state index >= 15 is 0 Å². The van der Waals surface area contributed by atoms with Crippen LogP contribution >= 0.6 is 0 Å². The van der Waals surface area contributed by atoms with Crippen molar-refractivity contribution in [2.24, 2.45) is 5.73 Å². The van der Waals surface area contributed by atoms with Crippen molar-refractivity contribution in [3.05, 3.63) is 0 Å². The van der Waals surface area contributed by atoms with Crippen molar-refractivity contribution in [1.82, 2.24) is 5.32 Å². The van der Waals surface area contributed by atoms with Gasteiger partial charge in [0.25, 0.3) is 0 Å². The first-order valence-electron chi connectivity index (χ1n) is 4.05. The Morgan fingerprint density at radius 1 is 1.33 bits per heavy atom. The molecule has 5 heteroatoms. The van der Waals surface area contributed by atoms with E-state index in [1.54, 1.807) is 0 Å². The molecule has 0 radical (unpaired) electrons. The minimum atomic E-state index is -4.12. The normalized spacial score (nSPS) is 31.0. The van der Waals surface area contributed by atoms with Gasteiger partial charge in [-0.3, -0.25) is 0 Å². The lowest BCUT2D eigenvalue weighted by Crippen LogP contribution is -2.44. The molecule has 0 amide bonds. The van der Waals surface area contributed by atoms with Crippen molar-refractivity contribution in [3.63, 3.8) is 0 Å². The maximum Gasteiger partial charge on any atom is 0.401 e. The third-order valence-electron chi connectivity index (χ3n) is 2.13. The van der Waals surface area contributed by atoms with Gasteiger partial charge in [0.1, 0.15) is 0 Å². The second-order valence-corrected chi connectivity index (χ2v) is 3.20. The molecule has 12 heavy (non-hydrogen) atoms. The van der Waals surface area contributed by atoms with Gasteiger partial charge in [0.05, 0.1) is 6.54 Å². The molecule has 1 aliphatic carbocycles. The highest BCUT2D eigenvalue weighted by molar-refractivity contribution is 4.86. The molecule has 2 unspecified atom stereocenters. The van der Waals surface area contributed by atoms with Crippen molar-refractivity contribution >= 4 is 0 Å². The maximum atomic E-state index is 11.7. The molecule has 0 heterocycles. The molecule has 0 aromatic rings. The second-order valence-electron chi connectivity index (χ2n) is 3.20. The summed E-state index contributed by atoms with van der Waals surface area (Å²) in [6, 6.07) is -0.251. The number of rotatable bonds is 2. The molecule has 1 fully saturated rings. The van der Waals surface area contributed by atoms with Crippen LogP contribution in [0.2, 0.25) is 0 Å². The lowest BCUT2D eigenvalue weighted by Gasteiger charge is -2.18. The van der Waals surface area contributed by atoms with E-state index in [0.29, 0.717) is 0 Å². The molecule has 0 aliphatic heterocycles. The van der Waals surface area contributed by atoms with E-state index in [2.05, 4.69) is 5.32 Å². The highest BCUT2D eigenvalue weighted by atomic mass is 19.4. The van der Waals surface area contributed by atoms with Gasteiger partial charge >= 0.3 is 6.18 Å². The summed E-state index contributed by atoms with van der Waals surface area (Å²) in [5.74, 6) is 0. The predicted octanol–water partition coefficient (Wildman–Crippen LogP) is 1.02. The highest BCUT2D eigenvalue weighted by Gasteiger charge is 2.31. The van der Waals surface area contributed by atoms with E-state index < -0.39 is 12.7 Å². The molecule has 1 rings (SSSR count). The molecule has 2 atom stereocenters. The molecular formula is C7H13F3N2. The summed E-state index contributed by atoms with van der Waals surface area (Å²) in [7, 11) is 0. The van der Waals surface area contributed by atoms with Gasteiger partial charge in [-0.2, -0.15) is 13.2 Å².